The van der Waals surface area contributed by atoms with E-state index in [9.17, 15) is 0 Å². The van der Waals surface area contributed by atoms with E-state index < -0.39 is 0 Å². The van der Waals surface area contributed by atoms with Gasteiger partial charge in [0.2, 0.25) is 0 Å². The van der Waals surface area contributed by atoms with E-state index in [1.165, 1.54) is 11.3 Å². The van der Waals surface area contributed by atoms with Gasteiger partial charge in [-0.1, -0.05) is 12.1 Å². The van der Waals surface area contributed by atoms with E-state index >= 15 is 0 Å². The number of benzene rings is 1. The summed E-state index contributed by atoms with van der Waals surface area (Å²) in [5.41, 5.74) is 3.65. The Balaban J connectivity index is 2.87. The van der Waals surface area contributed by atoms with Gasteiger partial charge in [-0.25, -0.2) is 0 Å². The summed E-state index contributed by atoms with van der Waals surface area (Å²) in [4.78, 5) is 2.23. The van der Waals surface area contributed by atoms with E-state index in [0.717, 1.165) is 12.2 Å². The van der Waals surface area contributed by atoms with Crippen molar-refractivity contribution in [1.29, 1.82) is 0 Å². The van der Waals surface area contributed by atoms with E-state index in [-0.39, 0.29) is 0 Å². The van der Waals surface area contributed by atoms with E-state index in [0.29, 0.717) is 11.9 Å². The topological polar surface area (TPSA) is 12.5 Å². The minimum absolute atomic E-state index is 0.366. The summed E-state index contributed by atoms with van der Waals surface area (Å²) in [7, 11) is 3.82. The number of rotatable bonds is 5. The number of hydrogen-bond acceptors (Lipinski definition) is 2. The summed E-state index contributed by atoms with van der Waals surface area (Å²) in [5.74, 6) is 0.568. The quantitative estimate of drug-likeness (QED) is 0.734. The van der Waals surface area contributed by atoms with Gasteiger partial charge in [0.05, 0.1) is 6.61 Å². The third kappa shape index (κ3) is 3.13. The lowest BCUT2D eigenvalue weighted by Crippen LogP contribution is -2.33. The smallest absolute Gasteiger partial charge is 0.0663 e. The number of hydrogen-bond donors (Lipinski definition) is 0. The van der Waals surface area contributed by atoms with E-state index in [1.807, 2.05) is 0 Å². The van der Waals surface area contributed by atoms with Gasteiger partial charge in [-0.2, -0.15) is 0 Å². The van der Waals surface area contributed by atoms with Gasteiger partial charge in [-0.3, -0.25) is 0 Å². The number of nitrogens with zero attached hydrogens (tertiary/aromatic N) is 1. The molecule has 0 saturated carbocycles. The van der Waals surface area contributed by atoms with Crippen LogP contribution in [-0.4, -0.2) is 26.8 Å². The average molecular weight is 242 g/mol. The first-order chi connectivity index (χ1) is 7.60. The second kappa shape index (κ2) is 6.12. The third-order valence-electron chi connectivity index (χ3n) is 2.86. The molecule has 1 rings (SSSR count). The van der Waals surface area contributed by atoms with Crippen LogP contribution >= 0.6 is 11.6 Å². The lowest BCUT2D eigenvalue weighted by molar-refractivity contribution is 0.183. The zero-order valence-corrected chi connectivity index (χ0v) is 11.2. The number of aryl methyl sites for hydroxylation is 1. The molecule has 0 saturated heterocycles. The molecule has 16 heavy (non-hydrogen) atoms. The number of likely N-dealkylation sites (N-methyl/N-ethyl adjacent to an activating group) is 1. The highest BCUT2D eigenvalue weighted by atomic mass is 35.5. The molecule has 0 aliphatic heterocycles. The lowest BCUT2D eigenvalue weighted by Gasteiger charge is -2.28. The SMILES string of the molecule is COCC(C)N(C)c1ccc(CCl)cc1C. The highest BCUT2D eigenvalue weighted by Gasteiger charge is 2.11. The third-order valence-corrected chi connectivity index (χ3v) is 3.17. The Morgan fingerprint density at radius 1 is 1.44 bits per heavy atom. The summed E-state index contributed by atoms with van der Waals surface area (Å²) in [6.45, 7) is 4.99. The van der Waals surface area contributed by atoms with Crippen molar-refractivity contribution in [2.24, 2.45) is 0 Å². The van der Waals surface area contributed by atoms with Gasteiger partial charge in [-0.05, 0) is 31.0 Å². The fourth-order valence-corrected chi connectivity index (χ4v) is 1.95. The van der Waals surface area contributed by atoms with Crippen LogP contribution in [0, 0.1) is 6.92 Å². The summed E-state index contributed by atoms with van der Waals surface area (Å²) < 4.78 is 5.17. The van der Waals surface area contributed by atoms with Gasteiger partial charge in [-0.15, -0.1) is 11.6 Å². The van der Waals surface area contributed by atoms with E-state index in [1.54, 1.807) is 7.11 Å². The first-order valence-corrected chi connectivity index (χ1v) is 6.00. The van der Waals surface area contributed by atoms with Gasteiger partial charge in [0.1, 0.15) is 0 Å². The second-order valence-corrected chi connectivity index (χ2v) is 4.44. The molecule has 0 aliphatic carbocycles. The molecular weight excluding hydrogens is 222 g/mol. The Morgan fingerprint density at radius 2 is 2.12 bits per heavy atom. The zero-order valence-electron chi connectivity index (χ0n) is 10.5. The van der Waals surface area contributed by atoms with Crippen LogP contribution < -0.4 is 4.90 Å². The molecule has 0 N–H and O–H groups in total. The summed E-state index contributed by atoms with van der Waals surface area (Å²) in [6, 6.07) is 6.70. The van der Waals surface area contributed by atoms with Gasteiger partial charge in [0.25, 0.3) is 0 Å². The minimum atomic E-state index is 0.366. The van der Waals surface area contributed by atoms with E-state index in [2.05, 4.69) is 44.0 Å². The molecule has 0 bridgehead atoms. The Labute approximate surface area is 103 Å². The Kier molecular flexibility index (Phi) is 5.10. The minimum Gasteiger partial charge on any atom is -0.383 e. The molecule has 1 atom stereocenters. The summed E-state index contributed by atoms with van der Waals surface area (Å²) in [6.07, 6.45) is 0. The number of ether oxygens (including phenoxy) is 1. The van der Waals surface area contributed by atoms with Crippen molar-refractivity contribution >= 4 is 17.3 Å². The molecule has 0 aromatic heterocycles. The molecule has 3 heteroatoms. The van der Waals surface area contributed by atoms with Gasteiger partial charge in [0, 0.05) is 31.8 Å². The molecule has 0 amide bonds. The number of halogens is 1. The van der Waals surface area contributed by atoms with Crippen molar-refractivity contribution in [1.82, 2.24) is 0 Å². The van der Waals surface area contributed by atoms with Crippen LogP contribution in [0.25, 0.3) is 0 Å². The van der Waals surface area contributed by atoms with Crippen molar-refractivity contribution in [2.45, 2.75) is 25.8 Å². The average Bonchev–Trinajstić information content (AvgIpc) is 2.28. The molecule has 0 heterocycles. The number of methoxy groups -OCH3 is 1. The maximum absolute atomic E-state index is 5.81. The molecule has 90 valence electrons. The number of anilines is 1. The zero-order chi connectivity index (χ0) is 12.1. The molecular formula is C13H20ClNO. The van der Waals surface area contributed by atoms with Crippen LogP contribution in [0.1, 0.15) is 18.1 Å². The fraction of sp³-hybridized carbons (Fsp3) is 0.538. The molecule has 0 radical (unpaired) electrons. The summed E-state index contributed by atoms with van der Waals surface area (Å²) >= 11 is 5.81. The van der Waals surface area contributed by atoms with Crippen LogP contribution in [0.5, 0.6) is 0 Å². The largest absolute Gasteiger partial charge is 0.383 e. The molecule has 1 aromatic carbocycles. The number of alkyl halides is 1. The molecule has 0 spiro atoms. The standard InChI is InChI=1S/C13H20ClNO/c1-10-7-12(8-14)5-6-13(10)15(3)11(2)9-16-4/h5-7,11H,8-9H2,1-4H3. The van der Waals surface area contributed by atoms with Crippen LogP contribution in [0.15, 0.2) is 18.2 Å². The first-order valence-electron chi connectivity index (χ1n) is 5.47. The van der Waals surface area contributed by atoms with Crippen molar-refractivity contribution < 1.29 is 4.74 Å². The van der Waals surface area contributed by atoms with E-state index in [4.69, 9.17) is 16.3 Å². The highest BCUT2D eigenvalue weighted by Crippen LogP contribution is 2.22. The normalized spacial score (nSPS) is 12.6. The van der Waals surface area contributed by atoms with Crippen LogP contribution in [0.3, 0.4) is 0 Å². The van der Waals surface area contributed by atoms with Crippen molar-refractivity contribution in [3.8, 4) is 0 Å². The molecule has 0 fully saturated rings. The van der Waals surface area contributed by atoms with Crippen molar-refractivity contribution in [3.63, 3.8) is 0 Å². The highest BCUT2D eigenvalue weighted by molar-refractivity contribution is 6.17. The predicted octanol–water partition coefficient (Wildman–Crippen LogP) is 3.20. The van der Waals surface area contributed by atoms with Gasteiger partial charge >= 0.3 is 0 Å². The molecule has 2 nitrogen and oxygen atoms in total. The Bertz CT molecular complexity index is 341. The molecule has 1 aromatic rings. The lowest BCUT2D eigenvalue weighted by atomic mass is 10.1. The Morgan fingerprint density at radius 3 is 2.62 bits per heavy atom. The van der Waals surface area contributed by atoms with Gasteiger partial charge in [0.15, 0.2) is 0 Å². The monoisotopic (exact) mass is 241 g/mol. The van der Waals surface area contributed by atoms with Crippen molar-refractivity contribution in [3.05, 3.63) is 29.3 Å². The summed E-state index contributed by atoms with van der Waals surface area (Å²) in [5, 5.41) is 0. The van der Waals surface area contributed by atoms with Crippen molar-refractivity contribution in [2.75, 3.05) is 25.7 Å². The molecule has 1 unspecified atom stereocenters. The van der Waals surface area contributed by atoms with Crippen LogP contribution in [-0.2, 0) is 10.6 Å². The predicted molar refractivity (Wildman–Crippen MR) is 70.5 cm³/mol. The molecule has 0 aliphatic rings. The first kappa shape index (κ1) is 13.3. The van der Waals surface area contributed by atoms with Crippen LogP contribution in [0.4, 0.5) is 5.69 Å². The maximum Gasteiger partial charge on any atom is 0.0663 e. The second-order valence-electron chi connectivity index (χ2n) is 4.17. The Hall–Kier alpha value is -0.730. The van der Waals surface area contributed by atoms with Gasteiger partial charge < -0.3 is 9.64 Å². The fourth-order valence-electron chi connectivity index (χ4n) is 1.79. The maximum atomic E-state index is 5.81. The van der Waals surface area contributed by atoms with Crippen LogP contribution in [0.2, 0.25) is 0 Å².